The number of aryl methyl sites for hydroxylation is 1. The van der Waals surface area contributed by atoms with Gasteiger partial charge >= 0.3 is 0 Å². The first-order chi connectivity index (χ1) is 9.12. The average Bonchev–Trinajstić information content (AvgIpc) is 2.26. The summed E-state index contributed by atoms with van der Waals surface area (Å²) < 4.78 is 50.3. The van der Waals surface area contributed by atoms with Gasteiger partial charge in [0, 0.05) is 13.1 Å². The summed E-state index contributed by atoms with van der Waals surface area (Å²) in [6, 6.07) is 4.69. The van der Waals surface area contributed by atoms with Crippen LogP contribution in [0.5, 0.6) is 0 Å². The van der Waals surface area contributed by atoms with Crippen molar-refractivity contribution < 1.29 is 16.8 Å². The van der Waals surface area contributed by atoms with E-state index >= 15 is 0 Å². The van der Waals surface area contributed by atoms with Gasteiger partial charge in [0.25, 0.3) is 0 Å². The lowest BCUT2D eigenvalue weighted by molar-refractivity contribution is 0.575. The van der Waals surface area contributed by atoms with Gasteiger partial charge in [0.15, 0.2) is 0 Å². The highest BCUT2D eigenvalue weighted by molar-refractivity contribution is 7.89. The maximum atomic E-state index is 12.0. The van der Waals surface area contributed by atoms with Crippen molar-refractivity contribution in [1.82, 2.24) is 9.44 Å². The van der Waals surface area contributed by atoms with Gasteiger partial charge < -0.3 is 5.73 Å². The van der Waals surface area contributed by atoms with Gasteiger partial charge in [-0.05, 0) is 31.0 Å². The van der Waals surface area contributed by atoms with Crippen LogP contribution in [0.1, 0.15) is 12.0 Å². The quantitative estimate of drug-likeness (QED) is 0.474. The average molecular weight is 321 g/mol. The molecule has 20 heavy (non-hydrogen) atoms. The van der Waals surface area contributed by atoms with Crippen LogP contribution in [0, 0.1) is 6.92 Å². The smallest absolute Gasteiger partial charge is 0.242 e. The van der Waals surface area contributed by atoms with Crippen LogP contribution < -0.4 is 15.2 Å². The fourth-order valence-corrected chi connectivity index (χ4v) is 3.24. The highest BCUT2D eigenvalue weighted by Gasteiger charge is 2.16. The number of hydrogen-bond acceptors (Lipinski definition) is 5. The Kier molecular flexibility index (Phi) is 5.51. The first-order valence-corrected chi connectivity index (χ1v) is 9.30. The van der Waals surface area contributed by atoms with Gasteiger partial charge in [-0.25, -0.2) is 26.3 Å². The van der Waals surface area contributed by atoms with Crippen LogP contribution in [0.15, 0.2) is 23.1 Å². The van der Waals surface area contributed by atoms with Crippen molar-refractivity contribution in [2.24, 2.45) is 0 Å². The Balaban J connectivity index is 2.58. The standard InChI is InChI=1S/C11H19N3O4S2/c1-9-4-5-11(10(12)8-9)20(17,18)14-7-3-6-13-19(2,15)16/h4-5,8,13-14H,3,6-7,12H2,1-2H3. The van der Waals surface area contributed by atoms with Gasteiger partial charge in [-0.15, -0.1) is 0 Å². The monoisotopic (exact) mass is 321 g/mol. The van der Waals surface area contributed by atoms with Crippen molar-refractivity contribution in [3.05, 3.63) is 23.8 Å². The molecule has 4 N–H and O–H groups in total. The van der Waals surface area contributed by atoms with E-state index in [1.165, 1.54) is 6.07 Å². The molecule has 0 radical (unpaired) electrons. The number of sulfonamides is 2. The predicted octanol–water partition coefficient (Wildman–Crippen LogP) is -0.205. The van der Waals surface area contributed by atoms with E-state index in [1.54, 1.807) is 12.1 Å². The summed E-state index contributed by atoms with van der Waals surface area (Å²) in [6.45, 7) is 2.11. The Morgan fingerprint density at radius 3 is 2.25 bits per heavy atom. The molecule has 1 rings (SSSR count). The number of benzene rings is 1. The van der Waals surface area contributed by atoms with Crippen LogP contribution in [0.4, 0.5) is 5.69 Å². The largest absolute Gasteiger partial charge is 0.398 e. The summed E-state index contributed by atoms with van der Waals surface area (Å²) in [5, 5.41) is 0. The van der Waals surface area contributed by atoms with Gasteiger partial charge in [0.2, 0.25) is 20.0 Å². The molecule has 0 saturated heterocycles. The van der Waals surface area contributed by atoms with Crippen molar-refractivity contribution in [3.8, 4) is 0 Å². The fourth-order valence-electron chi connectivity index (χ4n) is 1.54. The second-order valence-corrected chi connectivity index (χ2v) is 8.03. The molecule has 0 unspecified atom stereocenters. The zero-order valence-corrected chi connectivity index (χ0v) is 13.0. The minimum Gasteiger partial charge on any atom is -0.398 e. The van der Waals surface area contributed by atoms with E-state index in [9.17, 15) is 16.8 Å². The second-order valence-electron chi connectivity index (χ2n) is 4.46. The lowest BCUT2D eigenvalue weighted by Crippen LogP contribution is -2.29. The number of rotatable bonds is 7. The Labute approximate surface area is 119 Å². The molecule has 9 heteroatoms. The maximum absolute atomic E-state index is 12.0. The van der Waals surface area contributed by atoms with Gasteiger partial charge in [0.05, 0.1) is 11.9 Å². The van der Waals surface area contributed by atoms with E-state index in [0.29, 0.717) is 6.42 Å². The molecule has 0 aliphatic carbocycles. The molecule has 114 valence electrons. The van der Waals surface area contributed by atoms with Crippen LogP contribution in [0.25, 0.3) is 0 Å². The van der Waals surface area contributed by atoms with Crippen LogP contribution in [0.2, 0.25) is 0 Å². The number of anilines is 1. The second kappa shape index (κ2) is 6.53. The Hall–Kier alpha value is -1.16. The third-order valence-corrected chi connectivity index (χ3v) is 4.73. The molecule has 0 saturated carbocycles. The highest BCUT2D eigenvalue weighted by atomic mass is 32.2. The number of nitrogens with two attached hydrogens (primary N) is 1. The van der Waals surface area contributed by atoms with Gasteiger partial charge in [-0.2, -0.15) is 0 Å². The summed E-state index contributed by atoms with van der Waals surface area (Å²) in [7, 11) is -6.93. The molecule has 0 aliphatic rings. The highest BCUT2D eigenvalue weighted by Crippen LogP contribution is 2.18. The minimum absolute atomic E-state index is 0.0270. The van der Waals surface area contributed by atoms with Crippen molar-refractivity contribution in [1.29, 1.82) is 0 Å². The maximum Gasteiger partial charge on any atom is 0.242 e. The molecule has 0 fully saturated rings. The molecule has 0 bridgehead atoms. The van der Waals surface area contributed by atoms with Gasteiger partial charge in [0.1, 0.15) is 4.90 Å². The molecular formula is C11H19N3O4S2. The fraction of sp³-hybridized carbons (Fsp3) is 0.455. The van der Waals surface area contributed by atoms with E-state index < -0.39 is 20.0 Å². The van der Waals surface area contributed by atoms with E-state index in [-0.39, 0.29) is 23.7 Å². The topological polar surface area (TPSA) is 118 Å². The Morgan fingerprint density at radius 2 is 1.70 bits per heavy atom. The zero-order chi connectivity index (χ0) is 15.4. The molecule has 0 heterocycles. The van der Waals surface area contributed by atoms with Crippen molar-refractivity contribution in [2.75, 3.05) is 25.1 Å². The van der Waals surface area contributed by atoms with Crippen LogP contribution in [0.3, 0.4) is 0 Å². The van der Waals surface area contributed by atoms with Crippen molar-refractivity contribution >= 4 is 25.7 Å². The minimum atomic E-state index is -3.68. The first kappa shape index (κ1) is 16.9. The van der Waals surface area contributed by atoms with Crippen LogP contribution in [-0.2, 0) is 20.0 Å². The number of hydrogen-bond donors (Lipinski definition) is 3. The molecule has 0 aliphatic heterocycles. The van der Waals surface area contributed by atoms with E-state index in [0.717, 1.165) is 11.8 Å². The van der Waals surface area contributed by atoms with E-state index in [1.807, 2.05) is 6.92 Å². The molecular weight excluding hydrogens is 302 g/mol. The first-order valence-electron chi connectivity index (χ1n) is 5.92. The van der Waals surface area contributed by atoms with Crippen LogP contribution >= 0.6 is 0 Å². The van der Waals surface area contributed by atoms with Crippen LogP contribution in [-0.4, -0.2) is 36.2 Å². The Morgan fingerprint density at radius 1 is 1.10 bits per heavy atom. The third kappa shape index (κ3) is 5.45. The van der Waals surface area contributed by atoms with Gasteiger partial charge in [-0.1, -0.05) is 6.07 Å². The van der Waals surface area contributed by atoms with E-state index in [2.05, 4.69) is 9.44 Å². The molecule has 7 nitrogen and oxygen atoms in total. The molecule has 0 spiro atoms. The van der Waals surface area contributed by atoms with Crippen molar-refractivity contribution in [2.45, 2.75) is 18.2 Å². The summed E-state index contributed by atoms with van der Waals surface area (Å²) in [6.07, 6.45) is 1.39. The molecule has 1 aromatic rings. The summed E-state index contributed by atoms with van der Waals surface area (Å²) in [5.74, 6) is 0. The predicted molar refractivity (Wildman–Crippen MR) is 78.2 cm³/mol. The van der Waals surface area contributed by atoms with Gasteiger partial charge in [-0.3, -0.25) is 0 Å². The third-order valence-electron chi connectivity index (χ3n) is 2.46. The van der Waals surface area contributed by atoms with E-state index in [4.69, 9.17) is 5.73 Å². The number of nitrogens with one attached hydrogen (secondary N) is 2. The molecule has 0 atom stereocenters. The summed E-state index contributed by atoms with van der Waals surface area (Å²) in [4.78, 5) is 0.0270. The zero-order valence-electron chi connectivity index (χ0n) is 11.4. The lowest BCUT2D eigenvalue weighted by atomic mass is 10.2. The molecule has 0 amide bonds. The summed E-state index contributed by atoms with van der Waals surface area (Å²) >= 11 is 0. The molecule has 0 aromatic heterocycles. The SMILES string of the molecule is Cc1ccc(S(=O)(=O)NCCCNS(C)(=O)=O)c(N)c1. The molecule has 1 aromatic carbocycles. The normalized spacial score (nSPS) is 12.5. The lowest BCUT2D eigenvalue weighted by Gasteiger charge is -2.09. The summed E-state index contributed by atoms with van der Waals surface area (Å²) in [5.41, 5.74) is 6.74. The Bertz CT molecular complexity index is 669. The number of nitrogen functional groups attached to an aromatic ring is 1. The van der Waals surface area contributed by atoms with Crippen molar-refractivity contribution in [3.63, 3.8) is 0 Å².